The van der Waals surface area contributed by atoms with Gasteiger partial charge in [0.05, 0.1) is 16.5 Å². The Kier molecular flexibility index (Phi) is 5.08. The monoisotopic (exact) mass is 444 g/mol. The van der Waals surface area contributed by atoms with Gasteiger partial charge in [-0.1, -0.05) is 18.2 Å². The van der Waals surface area contributed by atoms with E-state index in [1.807, 2.05) is 35.7 Å². The quantitative estimate of drug-likeness (QED) is 0.511. The van der Waals surface area contributed by atoms with Crippen molar-refractivity contribution in [1.29, 1.82) is 0 Å². The fraction of sp³-hybridized carbons (Fsp3) is 0.261. The van der Waals surface area contributed by atoms with Crippen molar-refractivity contribution in [2.45, 2.75) is 12.6 Å². The van der Waals surface area contributed by atoms with E-state index in [1.165, 1.54) is 23.5 Å². The average molecular weight is 445 g/mol. The number of ether oxygens (including phenoxy) is 1. The number of fused-ring (bicyclic) bond motifs is 1. The number of halogens is 3. The van der Waals surface area contributed by atoms with Crippen molar-refractivity contribution >= 4 is 34.1 Å². The molecule has 5 rings (SSSR count). The molecule has 31 heavy (non-hydrogen) atoms. The smallest absolute Gasteiger partial charge is 0.416 e. The van der Waals surface area contributed by atoms with Gasteiger partial charge in [-0.25, -0.2) is 4.48 Å². The van der Waals surface area contributed by atoms with Crippen LogP contribution >= 0.6 is 11.3 Å². The molecule has 1 aromatic heterocycles. The molecule has 3 heterocycles. The molecule has 1 unspecified atom stereocenters. The van der Waals surface area contributed by atoms with Gasteiger partial charge < -0.3 is 10.1 Å². The summed E-state index contributed by atoms with van der Waals surface area (Å²) in [5.74, 6) is 1.52. The molecule has 1 N–H and O–H groups in total. The SMILES string of the molecule is FC(F)(F)c1ccc([N+]2(c3cscn3)CCOc3ccccc32)c(C2=CCNCC2)c1. The number of benzene rings is 2. The molecule has 0 fully saturated rings. The van der Waals surface area contributed by atoms with Gasteiger partial charge in [-0.2, -0.15) is 18.2 Å². The highest BCUT2D eigenvalue weighted by atomic mass is 32.1. The first-order valence-electron chi connectivity index (χ1n) is 10.1. The number of quaternary nitrogens is 1. The third-order valence-electron chi connectivity index (χ3n) is 5.92. The van der Waals surface area contributed by atoms with Gasteiger partial charge in [0, 0.05) is 24.2 Å². The summed E-state index contributed by atoms with van der Waals surface area (Å²) in [5.41, 5.74) is 4.36. The summed E-state index contributed by atoms with van der Waals surface area (Å²) in [6.45, 7) is 2.36. The first kappa shape index (κ1) is 20.2. The van der Waals surface area contributed by atoms with Crippen LogP contribution in [0.3, 0.4) is 0 Å². The van der Waals surface area contributed by atoms with Crippen LogP contribution in [0.25, 0.3) is 5.57 Å². The number of rotatable bonds is 3. The maximum Gasteiger partial charge on any atom is 0.416 e. The lowest BCUT2D eigenvalue weighted by molar-refractivity contribution is -0.137. The maximum absolute atomic E-state index is 13.6. The summed E-state index contributed by atoms with van der Waals surface area (Å²) in [6.07, 6.45) is -1.74. The van der Waals surface area contributed by atoms with Crippen LogP contribution in [0.4, 0.5) is 30.4 Å². The van der Waals surface area contributed by atoms with E-state index in [-0.39, 0.29) is 4.48 Å². The molecule has 0 saturated carbocycles. The minimum atomic E-state index is -4.41. The highest BCUT2D eigenvalue weighted by Crippen LogP contribution is 2.52. The van der Waals surface area contributed by atoms with E-state index in [0.717, 1.165) is 35.1 Å². The number of nitrogens with one attached hydrogen (secondary N) is 1. The number of thiazole rings is 1. The van der Waals surface area contributed by atoms with Gasteiger partial charge in [0.2, 0.25) is 5.82 Å². The van der Waals surface area contributed by atoms with E-state index in [9.17, 15) is 13.2 Å². The van der Waals surface area contributed by atoms with Crippen LogP contribution in [0.1, 0.15) is 17.5 Å². The molecule has 0 amide bonds. The molecule has 0 saturated heterocycles. The summed E-state index contributed by atoms with van der Waals surface area (Å²) in [6, 6.07) is 11.8. The van der Waals surface area contributed by atoms with Crippen molar-refractivity contribution in [2.75, 3.05) is 26.2 Å². The number of alkyl halides is 3. The van der Waals surface area contributed by atoms with Gasteiger partial charge >= 0.3 is 6.18 Å². The first-order chi connectivity index (χ1) is 15.0. The lowest BCUT2D eigenvalue weighted by Crippen LogP contribution is -2.46. The molecular formula is C23H21F3N3OS+. The lowest BCUT2D eigenvalue weighted by Gasteiger charge is -2.40. The number of hydrogen-bond donors (Lipinski definition) is 1. The van der Waals surface area contributed by atoms with E-state index in [1.54, 1.807) is 11.6 Å². The topological polar surface area (TPSA) is 34.1 Å². The Morgan fingerprint density at radius 1 is 1.10 bits per heavy atom. The molecule has 4 nitrogen and oxygen atoms in total. The van der Waals surface area contributed by atoms with Crippen LogP contribution in [0.15, 0.2) is 59.4 Å². The lowest BCUT2D eigenvalue weighted by atomic mass is 9.94. The number of nitrogens with zero attached hydrogens (tertiary/aromatic N) is 2. The van der Waals surface area contributed by atoms with Crippen molar-refractivity contribution in [1.82, 2.24) is 14.8 Å². The van der Waals surface area contributed by atoms with Crippen molar-refractivity contribution in [3.8, 4) is 5.75 Å². The fourth-order valence-electron chi connectivity index (χ4n) is 4.48. The van der Waals surface area contributed by atoms with Gasteiger partial charge in [0.1, 0.15) is 13.2 Å². The second-order valence-electron chi connectivity index (χ2n) is 7.61. The molecule has 1 atom stereocenters. The van der Waals surface area contributed by atoms with Crippen LogP contribution in [-0.4, -0.2) is 31.2 Å². The molecule has 8 heteroatoms. The maximum atomic E-state index is 13.6. The number of hydrogen-bond acceptors (Lipinski definition) is 4. The minimum absolute atomic E-state index is 0.234. The fourth-order valence-corrected chi connectivity index (χ4v) is 5.08. The second-order valence-corrected chi connectivity index (χ2v) is 8.33. The molecule has 160 valence electrons. The zero-order valence-electron chi connectivity index (χ0n) is 16.7. The van der Waals surface area contributed by atoms with Gasteiger partial charge in [0.25, 0.3) is 0 Å². The Hall–Kier alpha value is -2.68. The van der Waals surface area contributed by atoms with E-state index < -0.39 is 11.7 Å². The van der Waals surface area contributed by atoms with Crippen molar-refractivity contribution < 1.29 is 17.9 Å². The predicted molar refractivity (Wildman–Crippen MR) is 117 cm³/mol. The molecular weight excluding hydrogens is 423 g/mol. The van der Waals surface area contributed by atoms with Gasteiger partial charge in [-0.05, 0) is 36.7 Å². The highest BCUT2D eigenvalue weighted by molar-refractivity contribution is 7.07. The van der Waals surface area contributed by atoms with E-state index >= 15 is 0 Å². The zero-order chi connectivity index (χ0) is 21.5. The van der Waals surface area contributed by atoms with Crippen LogP contribution < -0.4 is 14.5 Å². The Morgan fingerprint density at radius 2 is 1.97 bits per heavy atom. The largest absolute Gasteiger partial charge is 0.481 e. The number of para-hydroxylation sites is 2. The summed E-state index contributed by atoms with van der Waals surface area (Å²) >= 11 is 1.48. The third-order valence-corrected chi connectivity index (χ3v) is 6.49. The van der Waals surface area contributed by atoms with E-state index in [4.69, 9.17) is 4.74 Å². The number of aromatic nitrogens is 1. The first-order valence-corrected chi connectivity index (χ1v) is 11.1. The molecule has 0 bridgehead atoms. The molecule has 3 aromatic rings. The standard InChI is InChI=1S/C23H21F3N3OS/c24-23(25,26)17-5-6-19(18(13-17)16-7-9-27-10-8-16)29(22-14-31-15-28-22)11-12-30-21-4-2-1-3-20(21)29/h1-7,13-15,27H,8-12H2/q+1. The summed E-state index contributed by atoms with van der Waals surface area (Å²) in [7, 11) is 0. The van der Waals surface area contributed by atoms with Crippen molar-refractivity contribution in [3.05, 3.63) is 70.6 Å². The van der Waals surface area contributed by atoms with E-state index in [2.05, 4.69) is 10.3 Å². The normalized spacial score (nSPS) is 21.2. The van der Waals surface area contributed by atoms with Gasteiger partial charge in [-0.3, -0.25) is 0 Å². The van der Waals surface area contributed by atoms with Crippen LogP contribution in [0.2, 0.25) is 0 Å². The van der Waals surface area contributed by atoms with Gasteiger partial charge in [-0.15, -0.1) is 11.3 Å². The van der Waals surface area contributed by atoms with Gasteiger partial charge in [0.15, 0.2) is 17.1 Å². The Bertz CT molecular complexity index is 1130. The van der Waals surface area contributed by atoms with Crippen LogP contribution in [0, 0.1) is 0 Å². The summed E-state index contributed by atoms with van der Waals surface area (Å²) in [5, 5.41) is 5.22. The summed E-state index contributed by atoms with van der Waals surface area (Å²) < 4.78 is 47.1. The molecule has 0 radical (unpaired) electrons. The van der Waals surface area contributed by atoms with Crippen LogP contribution in [-0.2, 0) is 6.18 Å². The van der Waals surface area contributed by atoms with Crippen molar-refractivity contribution in [2.24, 2.45) is 0 Å². The molecule has 0 spiro atoms. The Labute approximate surface area is 182 Å². The van der Waals surface area contributed by atoms with Crippen molar-refractivity contribution in [3.63, 3.8) is 0 Å². The zero-order valence-corrected chi connectivity index (χ0v) is 17.5. The summed E-state index contributed by atoms with van der Waals surface area (Å²) in [4.78, 5) is 4.63. The molecule has 2 aliphatic rings. The Balaban J connectivity index is 1.82. The van der Waals surface area contributed by atoms with E-state index in [0.29, 0.717) is 31.7 Å². The minimum Gasteiger partial charge on any atom is -0.481 e. The Morgan fingerprint density at radius 3 is 2.71 bits per heavy atom. The highest BCUT2D eigenvalue weighted by Gasteiger charge is 2.46. The average Bonchev–Trinajstić information content (AvgIpc) is 3.34. The molecule has 2 aliphatic heterocycles. The van der Waals surface area contributed by atoms with Crippen LogP contribution in [0.5, 0.6) is 5.75 Å². The predicted octanol–water partition coefficient (Wildman–Crippen LogP) is 5.90. The second kappa shape index (κ2) is 7.78. The molecule has 2 aromatic carbocycles. The molecule has 0 aliphatic carbocycles. The third kappa shape index (κ3) is 3.44.